The van der Waals surface area contributed by atoms with E-state index in [1.165, 1.54) is 44.3 Å². The van der Waals surface area contributed by atoms with Gasteiger partial charge < -0.3 is 4.90 Å². The van der Waals surface area contributed by atoms with Gasteiger partial charge in [0.1, 0.15) is 0 Å². The third-order valence-electron chi connectivity index (χ3n) is 5.58. The number of nitrogens with zero attached hydrogens (tertiary/aromatic N) is 4. The van der Waals surface area contributed by atoms with E-state index in [1.807, 2.05) is 6.07 Å². The monoisotopic (exact) mass is 474 g/mol. The average Bonchev–Trinajstić information content (AvgIpc) is 2.79. The Morgan fingerprint density at radius 2 is 1.70 bits per heavy atom. The summed E-state index contributed by atoms with van der Waals surface area (Å²) in [4.78, 5) is 38.3. The molecule has 176 valence electrons. The molecule has 0 N–H and O–H groups in total. The smallest absolute Gasteiger partial charge is 0.269 e. The molecule has 0 saturated carbocycles. The molecule has 2 aromatic rings. The van der Waals surface area contributed by atoms with Crippen LogP contribution in [-0.4, -0.2) is 78.9 Å². The number of Topliss-reactive ketones (excluding diaryl/α,β-unsaturated/α-hetero) is 1. The first kappa shape index (κ1) is 24.5. The van der Waals surface area contributed by atoms with Gasteiger partial charge in [0, 0.05) is 57.5 Å². The number of sulfonamides is 1. The first-order valence-corrected chi connectivity index (χ1v) is 11.8. The fraction of sp³-hybridized carbons (Fsp3) is 0.364. The molecule has 0 aliphatic carbocycles. The first-order chi connectivity index (χ1) is 15.6. The number of benzene rings is 2. The lowest BCUT2D eigenvalue weighted by Gasteiger charge is -2.35. The van der Waals surface area contributed by atoms with E-state index >= 15 is 0 Å². The molecule has 10 nitrogen and oxygen atoms in total. The highest BCUT2D eigenvalue weighted by molar-refractivity contribution is 7.89. The van der Waals surface area contributed by atoms with Gasteiger partial charge in [-0.15, -0.1) is 0 Å². The van der Waals surface area contributed by atoms with Gasteiger partial charge in [-0.3, -0.25) is 24.6 Å². The predicted molar refractivity (Wildman–Crippen MR) is 121 cm³/mol. The first-order valence-electron chi connectivity index (χ1n) is 10.4. The molecule has 0 unspecified atom stereocenters. The summed E-state index contributed by atoms with van der Waals surface area (Å²) in [6.07, 6.45) is 0. The van der Waals surface area contributed by atoms with Crippen LogP contribution in [0.5, 0.6) is 0 Å². The number of ketones is 1. The molecule has 0 aromatic heterocycles. The Morgan fingerprint density at radius 3 is 2.27 bits per heavy atom. The highest BCUT2D eigenvalue weighted by Crippen LogP contribution is 2.18. The highest BCUT2D eigenvalue weighted by atomic mass is 32.2. The van der Waals surface area contributed by atoms with E-state index < -0.39 is 14.9 Å². The van der Waals surface area contributed by atoms with Crippen LogP contribution in [0.3, 0.4) is 0 Å². The summed E-state index contributed by atoms with van der Waals surface area (Å²) in [5, 5.41) is 10.9. The second-order valence-electron chi connectivity index (χ2n) is 7.93. The van der Waals surface area contributed by atoms with E-state index in [9.17, 15) is 28.1 Å². The highest BCUT2D eigenvalue weighted by Gasteiger charge is 2.27. The summed E-state index contributed by atoms with van der Waals surface area (Å²) in [6.45, 7) is 3.69. The van der Waals surface area contributed by atoms with E-state index in [4.69, 9.17) is 0 Å². The minimum Gasteiger partial charge on any atom is -0.339 e. The molecule has 1 fully saturated rings. The number of nitro groups is 1. The molecule has 0 bridgehead atoms. The van der Waals surface area contributed by atoms with Crippen molar-refractivity contribution in [1.29, 1.82) is 0 Å². The third-order valence-corrected chi connectivity index (χ3v) is 7.40. The van der Waals surface area contributed by atoms with Crippen molar-refractivity contribution in [2.45, 2.75) is 18.4 Å². The topological polar surface area (TPSA) is 121 Å². The van der Waals surface area contributed by atoms with Crippen LogP contribution in [0.2, 0.25) is 0 Å². The fourth-order valence-electron chi connectivity index (χ4n) is 3.60. The maximum absolute atomic E-state index is 12.8. The standard InChI is InChI=1S/C22H26N4O6S/c1-17(27)19-6-8-21(9-7-19)33(31,32)23(2)16-22(28)25-12-10-24(11-13-25)15-18-4-3-5-20(14-18)26(29)30/h3-9,14H,10-13,15-16H2,1-2H3. The van der Waals surface area contributed by atoms with Crippen molar-refractivity contribution < 1.29 is 22.9 Å². The molecular formula is C22H26N4O6S. The van der Waals surface area contributed by atoms with E-state index in [1.54, 1.807) is 17.0 Å². The minimum absolute atomic E-state index is 0.0181. The van der Waals surface area contributed by atoms with Crippen molar-refractivity contribution in [3.8, 4) is 0 Å². The van der Waals surface area contributed by atoms with Crippen LogP contribution in [0, 0.1) is 10.1 Å². The average molecular weight is 475 g/mol. The molecule has 1 amide bonds. The lowest BCUT2D eigenvalue weighted by molar-refractivity contribution is -0.384. The van der Waals surface area contributed by atoms with Crippen molar-refractivity contribution in [3.63, 3.8) is 0 Å². The molecule has 1 aliphatic heterocycles. The summed E-state index contributed by atoms with van der Waals surface area (Å²) in [6, 6.07) is 12.1. The number of hydrogen-bond acceptors (Lipinski definition) is 7. The van der Waals surface area contributed by atoms with Crippen LogP contribution in [0.4, 0.5) is 5.69 Å². The molecule has 0 spiro atoms. The molecule has 33 heavy (non-hydrogen) atoms. The number of likely N-dealkylation sites (N-methyl/N-ethyl adjacent to an activating group) is 1. The molecule has 1 saturated heterocycles. The Kier molecular flexibility index (Phi) is 7.57. The van der Waals surface area contributed by atoms with Crippen LogP contribution < -0.4 is 0 Å². The van der Waals surface area contributed by atoms with Gasteiger partial charge in [-0.25, -0.2) is 8.42 Å². The quantitative estimate of drug-likeness (QED) is 0.325. The zero-order chi connectivity index (χ0) is 24.2. The van der Waals surface area contributed by atoms with Gasteiger partial charge in [0.2, 0.25) is 15.9 Å². The van der Waals surface area contributed by atoms with Gasteiger partial charge in [-0.1, -0.05) is 24.3 Å². The van der Waals surface area contributed by atoms with E-state index in [0.29, 0.717) is 38.3 Å². The van der Waals surface area contributed by atoms with Crippen molar-refractivity contribution in [2.24, 2.45) is 0 Å². The van der Waals surface area contributed by atoms with Gasteiger partial charge in [0.25, 0.3) is 5.69 Å². The number of piperazine rings is 1. The van der Waals surface area contributed by atoms with Gasteiger partial charge in [0.05, 0.1) is 16.4 Å². The Bertz CT molecular complexity index is 1140. The van der Waals surface area contributed by atoms with Gasteiger partial charge >= 0.3 is 0 Å². The lowest BCUT2D eigenvalue weighted by Crippen LogP contribution is -2.51. The lowest BCUT2D eigenvalue weighted by atomic mass is 10.1. The second kappa shape index (κ2) is 10.2. The Hall–Kier alpha value is -3.15. The molecule has 1 aliphatic rings. The summed E-state index contributed by atoms with van der Waals surface area (Å²) in [5.41, 5.74) is 1.28. The molecular weight excluding hydrogens is 448 g/mol. The summed E-state index contributed by atoms with van der Waals surface area (Å²) >= 11 is 0. The maximum Gasteiger partial charge on any atom is 0.269 e. The summed E-state index contributed by atoms with van der Waals surface area (Å²) in [5.74, 6) is -0.455. The van der Waals surface area contributed by atoms with E-state index in [0.717, 1.165) is 9.87 Å². The van der Waals surface area contributed by atoms with E-state index in [-0.39, 0.29) is 28.8 Å². The largest absolute Gasteiger partial charge is 0.339 e. The zero-order valence-corrected chi connectivity index (χ0v) is 19.3. The molecule has 0 radical (unpaired) electrons. The van der Waals surface area contributed by atoms with Gasteiger partial charge in [0.15, 0.2) is 5.78 Å². The number of carbonyl (C=O) groups is 2. The van der Waals surface area contributed by atoms with Crippen LogP contribution in [0.1, 0.15) is 22.8 Å². The Labute approximate surface area is 192 Å². The number of non-ortho nitro benzene ring substituents is 1. The molecule has 0 atom stereocenters. The molecule has 2 aromatic carbocycles. The predicted octanol–water partition coefficient (Wildman–Crippen LogP) is 1.76. The SMILES string of the molecule is CC(=O)c1ccc(S(=O)(=O)N(C)CC(=O)N2CCN(Cc3cccc([N+](=O)[O-])c3)CC2)cc1. The maximum atomic E-state index is 12.8. The van der Waals surface area contributed by atoms with E-state index in [2.05, 4.69) is 4.90 Å². The molecule has 3 rings (SSSR count). The number of hydrogen-bond donors (Lipinski definition) is 0. The minimum atomic E-state index is -3.87. The summed E-state index contributed by atoms with van der Waals surface area (Å²) in [7, 11) is -2.52. The molecule has 1 heterocycles. The third kappa shape index (κ3) is 6.01. The second-order valence-corrected chi connectivity index (χ2v) is 9.97. The van der Waals surface area contributed by atoms with Crippen LogP contribution in [-0.2, 0) is 21.4 Å². The molecule has 11 heteroatoms. The fourth-order valence-corrected chi connectivity index (χ4v) is 4.72. The number of carbonyl (C=O) groups excluding carboxylic acids is 2. The summed E-state index contributed by atoms with van der Waals surface area (Å²) < 4.78 is 26.6. The normalized spacial score (nSPS) is 14.9. The number of nitro benzene ring substituents is 1. The zero-order valence-electron chi connectivity index (χ0n) is 18.5. The van der Waals surface area contributed by atoms with Crippen molar-refractivity contribution in [2.75, 3.05) is 39.8 Å². The van der Waals surface area contributed by atoms with Crippen molar-refractivity contribution in [3.05, 3.63) is 69.8 Å². The van der Waals surface area contributed by atoms with Crippen molar-refractivity contribution >= 4 is 27.4 Å². The number of rotatable bonds is 8. The Morgan fingerprint density at radius 1 is 1.06 bits per heavy atom. The van der Waals surface area contributed by atoms with Crippen LogP contribution in [0.15, 0.2) is 53.4 Å². The van der Waals surface area contributed by atoms with Gasteiger partial charge in [-0.05, 0) is 24.6 Å². The van der Waals surface area contributed by atoms with Crippen LogP contribution >= 0.6 is 0 Å². The van der Waals surface area contributed by atoms with Gasteiger partial charge in [-0.2, -0.15) is 4.31 Å². The van der Waals surface area contributed by atoms with Crippen LogP contribution in [0.25, 0.3) is 0 Å². The Balaban J connectivity index is 1.54. The number of amides is 1. The van der Waals surface area contributed by atoms with Crippen molar-refractivity contribution in [1.82, 2.24) is 14.1 Å².